The van der Waals surface area contributed by atoms with Gasteiger partial charge in [0.1, 0.15) is 11.0 Å². The van der Waals surface area contributed by atoms with Gasteiger partial charge >= 0.3 is 0 Å². The number of thioether (sulfide) groups is 1. The Bertz CT molecular complexity index is 1760. The van der Waals surface area contributed by atoms with Gasteiger partial charge in [-0.25, -0.2) is 9.97 Å². The van der Waals surface area contributed by atoms with E-state index < -0.39 is 0 Å². The molecule has 2 heterocycles. The van der Waals surface area contributed by atoms with Gasteiger partial charge in [-0.3, -0.25) is 9.69 Å². The zero-order chi connectivity index (χ0) is 33.0. The molecular weight excluding hydrogens is 634 g/mol. The first-order valence-electron chi connectivity index (χ1n) is 16.4. The third-order valence-electron chi connectivity index (χ3n) is 8.42. The van der Waals surface area contributed by atoms with Crippen LogP contribution >= 0.6 is 23.4 Å². The monoisotopic (exact) mass is 673 g/mol. The highest BCUT2D eigenvalue weighted by molar-refractivity contribution is 7.98. The van der Waals surface area contributed by atoms with Gasteiger partial charge in [0, 0.05) is 63.2 Å². The number of hydrogen-bond donors (Lipinski definition) is 0. The quantitative estimate of drug-likeness (QED) is 0.0715. The van der Waals surface area contributed by atoms with Crippen LogP contribution in [0.1, 0.15) is 32.6 Å². The first-order valence-corrected chi connectivity index (χ1v) is 17.8. The lowest BCUT2D eigenvalue weighted by molar-refractivity contribution is 0.0745. The van der Waals surface area contributed by atoms with E-state index in [0.29, 0.717) is 34.7 Å². The first-order chi connectivity index (χ1) is 23.6. The molecule has 0 N–H and O–H groups in total. The Labute approximate surface area is 293 Å². The Hall–Kier alpha value is -4.43. The van der Waals surface area contributed by atoms with Crippen LogP contribution < -0.4 is 4.90 Å². The molecule has 0 unspecified atom stereocenters. The van der Waals surface area contributed by atoms with Crippen molar-refractivity contribution in [3.05, 3.63) is 160 Å². The fourth-order valence-electron chi connectivity index (χ4n) is 5.71. The van der Waals surface area contributed by atoms with Crippen LogP contribution in [-0.4, -0.2) is 64.9 Å². The van der Waals surface area contributed by atoms with E-state index in [1.165, 1.54) is 11.1 Å². The number of aromatic nitrogens is 2. The van der Waals surface area contributed by atoms with E-state index in [2.05, 4.69) is 75.5 Å². The number of carbonyl (C=O) groups is 1. The van der Waals surface area contributed by atoms with Gasteiger partial charge in [0.2, 0.25) is 0 Å². The van der Waals surface area contributed by atoms with Crippen molar-refractivity contribution in [3.8, 4) is 0 Å². The van der Waals surface area contributed by atoms with Crippen molar-refractivity contribution in [1.82, 2.24) is 19.8 Å². The maximum absolute atomic E-state index is 13.7. The average molecular weight is 674 g/mol. The Morgan fingerprint density at radius 3 is 2.10 bits per heavy atom. The molecule has 0 atom stereocenters. The van der Waals surface area contributed by atoms with Crippen LogP contribution in [0.25, 0.3) is 6.08 Å². The van der Waals surface area contributed by atoms with Gasteiger partial charge in [0.15, 0.2) is 5.16 Å². The van der Waals surface area contributed by atoms with Crippen LogP contribution in [-0.2, 0) is 18.7 Å². The molecule has 0 radical (unpaired) electrons. The zero-order valence-corrected chi connectivity index (χ0v) is 28.6. The Morgan fingerprint density at radius 1 is 0.771 bits per heavy atom. The van der Waals surface area contributed by atoms with Crippen LogP contribution in [0.4, 0.5) is 5.82 Å². The summed E-state index contributed by atoms with van der Waals surface area (Å²) in [5, 5.41) is 1.10. The molecule has 1 saturated heterocycles. The third-order valence-corrected chi connectivity index (χ3v) is 9.53. The second-order valence-corrected chi connectivity index (χ2v) is 13.2. The average Bonchev–Trinajstić information content (AvgIpc) is 3.14. The lowest BCUT2D eigenvalue weighted by Crippen LogP contribution is -2.46. The molecule has 1 fully saturated rings. The van der Waals surface area contributed by atoms with Gasteiger partial charge in [0.25, 0.3) is 5.91 Å². The summed E-state index contributed by atoms with van der Waals surface area (Å²) in [6, 6.07) is 40.6. The van der Waals surface area contributed by atoms with Crippen molar-refractivity contribution in [2.24, 2.45) is 0 Å². The summed E-state index contributed by atoms with van der Waals surface area (Å²) in [4.78, 5) is 29.7. The summed E-state index contributed by atoms with van der Waals surface area (Å²) in [6.07, 6.45) is 5.22. The van der Waals surface area contributed by atoms with Gasteiger partial charge in [0.05, 0.1) is 0 Å². The molecule has 6 nitrogen and oxygen atoms in total. The molecule has 1 amide bonds. The number of amides is 1. The topological polar surface area (TPSA) is 52.6 Å². The highest BCUT2D eigenvalue weighted by Gasteiger charge is 2.19. The van der Waals surface area contributed by atoms with E-state index >= 15 is 0 Å². The predicted octanol–water partition coefficient (Wildman–Crippen LogP) is 8.14. The van der Waals surface area contributed by atoms with Gasteiger partial charge in [-0.2, -0.15) is 0 Å². The Kier molecular flexibility index (Phi) is 11.9. The maximum Gasteiger partial charge on any atom is 0.254 e. The van der Waals surface area contributed by atoms with Gasteiger partial charge in [-0.15, -0.1) is 0 Å². The van der Waals surface area contributed by atoms with Crippen LogP contribution in [0.15, 0.2) is 133 Å². The first kappa shape index (κ1) is 33.5. The van der Waals surface area contributed by atoms with Gasteiger partial charge in [-0.1, -0.05) is 139 Å². The maximum atomic E-state index is 13.7. The zero-order valence-electron chi connectivity index (χ0n) is 27.0. The van der Waals surface area contributed by atoms with Crippen LogP contribution in [0.5, 0.6) is 0 Å². The number of hydrogen-bond acceptors (Lipinski definition) is 6. The number of nitrogens with zero attached hydrogens (tertiary/aromatic N) is 5. The molecule has 1 aromatic heterocycles. The molecule has 48 heavy (non-hydrogen) atoms. The number of piperazine rings is 1. The van der Waals surface area contributed by atoms with E-state index in [-0.39, 0.29) is 5.91 Å². The smallest absolute Gasteiger partial charge is 0.254 e. The van der Waals surface area contributed by atoms with Crippen molar-refractivity contribution in [1.29, 1.82) is 0 Å². The standard InChI is InChI=1S/C40H40ClN5OS/c41-37-29-38(45-27-25-44(26-28-45)23-10-17-32-11-4-1-5-12-32)43-40(42-37)48-31-35-18-20-36(21-19-35)39(47)46(30-34-15-8-3-9-16-34)24-22-33-13-6-2-7-14-33/h1-21,29H,22-28,30-31H2/b17-10+. The Morgan fingerprint density at radius 2 is 1.42 bits per heavy atom. The van der Waals surface area contributed by atoms with E-state index in [4.69, 9.17) is 16.6 Å². The second kappa shape index (κ2) is 17.1. The lowest BCUT2D eigenvalue weighted by Gasteiger charge is -2.35. The van der Waals surface area contributed by atoms with Gasteiger partial charge < -0.3 is 9.80 Å². The predicted molar refractivity (Wildman–Crippen MR) is 199 cm³/mol. The number of rotatable bonds is 13. The summed E-state index contributed by atoms with van der Waals surface area (Å²) >= 11 is 8.02. The number of benzene rings is 4. The highest BCUT2D eigenvalue weighted by atomic mass is 35.5. The minimum atomic E-state index is 0.0316. The summed E-state index contributed by atoms with van der Waals surface area (Å²) in [6.45, 7) is 5.84. The van der Waals surface area contributed by atoms with Crippen molar-refractivity contribution >= 4 is 41.2 Å². The SMILES string of the molecule is O=C(c1ccc(CSc2nc(Cl)cc(N3CCN(C/C=C/c4ccccc4)CC3)n2)cc1)N(CCc1ccccc1)Cc1ccccc1. The van der Waals surface area contributed by atoms with Crippen LogP contribution in [0.2, 0.25) is 5.15 Å². The molecule has 6 rings (SSSR count). The summed E-state index contributed by atoms with van der Waals surface area (Å²) < 4.78 is 0. The molecule has 0 aliphatic carbocycles. The van der Waals surface area contributed by atoms with Crippen LogP contribution in [0.3, 0.4) is 0 Å². The minimum Gasteiger partial charge on any atom is -0.354 e. The summed E-state index contributed by atoms with van der Waals surface area (Å²) in [5.41, 5.74) is 5.34. The van der Waals surface area contributed by atoms with Crippen LogP contribution in [0, 0.1) is 0 Å². The molecule has 4 aromatic carbocycles. The summed E-state index contributed by atoms with van der Waals surface area (Å²) in [5.74, 6) is 1.58. The molecule has 1 aliphatic rings. The molecular formula is C40H40ClN5OS. The van der Waals surface area contributed by atoms with E-state index in [0.717, 1.165) is 56.1 Å². The number of carbonyl (C=O) groups excluding carboxylic acids is 1. The second-order valence-electron chi connectivity index (χ2n) is 11.9. The molecule has 8 heteroatoms. The molecule has 5 aromatic rings. The Balaban J connectivity index is 1.03. The highest BCUT2D eigenvalue weighted by Crippen LogP contribution is 2.26. The van der Waals surface area contributed by atoms with Crippen molar-refractivity contribution in [2.45, 2.75) is 23.9 Å². The molecule has 0 bridgehead atoms. The normalized spacial score (nSPS) is 13.6. The van der Waals surface area contributed by atoms with E-state index in [9.17, 15) is 4.79 Å². The van der Waals surface area contributed by atoms with E-state index in [1.807, 2.05) is 77.7 Å². The third kappa shape index (κ3) is 9.80. The minimum absolute atomic E-state index is 0.0316. The number of halogens is 1. The fourth-order valence-corrected chi connectivity index (χ4v) is 6.75. The lowest BCUT2D eigenvalue weighted by atomic mass is 10.1. The molecule has 244 valence electrons. The number of anilines is 1. The van der Waals surface area contributed by atoms with Crippen molar-refractivity contribution in [3.63, 3.8) is 0 Å². The van der Waals surface area contributed by atoms with Crippen molar-refractivity contribution < 1.29 is 4.79 Å². The molecule has 0 saturated carbocycles. The molecule has 0 spiro atoms. The van der Waals surface area contributed by atoms with Crippen molar-refractivity contribution in [2.75, 3.05) is 44.2 Å². The summed E-state index contributed by atoms with van der Waals surface area (Å²) in [7, 11) is 0. The fraction of sp³-hybridized carbons (Fsp3) is 0.225. The van der Waals surface area contributed by atoms with Gasteiger partial charge in [-0.05, 0) is 40.8 Å². The van der Waals surface area contributed by atoms with E-state index in [1.54, 1.807) is 11.8 Å². The molecule has 1 aliphatic heterocycles. The largest absolute Gasteiger partial charge is 0.354 e.